The first-order chi connectivity index (χ1) is 12.5. The molecule has 2 N–H and O–H groups in total. The van der Waals surface area contributed by atoms with Crippen LogP contribution in [0.25, 0.3) is 0 Å². The number of aryl methyl sites for hydroxylation is 1. The van der Waals surface area contributed by atoms with Crippen LogP contribution in [0, 0.1) is 18.3 Å². The maximum atomic E-state index is 12.5. The molecule has 1 amide bonds. The first kappa shape index (κ1) is 19.1. The summed E-state index contributed by atoms with van der Waals surface area (Å²) in [5.41, 5.74) is 2.77. The summed E-state index contributed by atoms with van der Waals surface area (Å²) < 4.78 is 5.64. The van der Waals surface area contributed by atoms with E-state index in [0.29, 0.717) is 6.61 Å². The molecule has 134 valence electrons. The predicted octanol–water partition coefficient (Wildman–Crippen LogP) is 4.09. The van der Waals surface area contributed by atoms with Gasteiger partial charge in [0.15, 0.2) is 0 Å². The third kappa shape index (κ3) is 5.12. The number of hydrogen-bond donors (Lipinski definition) is 2. The number of nitriles is 1. The number of rotatable bonds is 7. The highest BCUT2D eigenvalue weighted by atomic mass is 16.5. The Bertz CT molecular complexity index is 823. The number of nitrogens with one attached hydrogen (secondary N) is 2. The van der Waals surface area contributed by atoms with Gasteiger partial charge in [-0.3, -0.25) is 4.79 Å². The third-order valence-corrected chi connectivity index (χ3v) is 3.80. The van der Waals surface area contributed by atoms with Gasteiger partial charge in [-0.1, -0.05) is 35.9 Å². The summed E-state index contributed by atoms with van der Waals surface area (Å²) in [5, 5.41) is 15.1. The molecule has 0 saturated carbocycles. The van der Waals surface area contributed by atoms with Crippen molar-refractivity contribution in [3.63, 3.8) is 0 Å². The van der Waals surface area contributed by atoms with Crippen molar-refractivity contribution in [1.82, 2.24) is 5.32 Å². The standard InChI is InChI=1S/C21H23N3O2/c1-4-26-20-11-10-15(2)12-19(20)16(3)24-21(25)17(13-22)14-23-18-8-6-5-7-9-18/h5-12,14,16,23H,4H2,1-3H3,(H,24,25)/b17-14-. The van der Waals surface area contributed by atoms with Crippen molar-refractivity contribution in [3.05, 3.63) is 71.4 Å². The Morgan fingerprint density at radius 3 is 2.65 bits per heavy atom. The summed E-state index contributed by atoms with van der Waals surface area (Å²) in [4.78, 5) is 12.5. The minimum atomic E-state index is -0.438. The first-order valence-corrected chi connectivity index (χ1v) is 8.51. The molecule has 26 heavy (non-hydrogen) atoms. The molecule has 0 saturated heterocycles. The molecule has 2 aromatic carbocycles. The maximum absolute atomic E-state index is 12.5. The normalized spacial score (nSPS) is 12.0. The number of anilines is 1. The van der Waals surface area contributed by atoms with Gasteiger partial charge in [0.25, 0.3) is 5.91 Å². The number of hydrogen-bond acceptors (Lipinski definition) is 4. The zero-order valence-corrected chi connectivity index (χ0v) is 15.2. The molecule has 0 aliphatic carbocycles. The average molecular weight is 349 g/mol. The maximum Gasteiger partial charge on any atom is 0.263 e. The van der Waals surface area contributed by atoms with E-state index in [0.717, 1.165) is 22.6 Å². The van der Waals surface area contributed by atoms with Gasteiger partial charge in [-0.05, 0) is 39.0 Å². The second kappa shape index (κ2) is 9.28. The fourth-order valence-electron chi connectivity index (χ4n) is 2.48. The van der Waals surface area contributed by atoms with Gasteiger partial charge in [-0.25, -0.2) is 0 Å². The Balaban J connectivity index is 2.12. The molecule has 0 aliphatic rings. The zero-order valence-electron chi connectivity index (χ0n) is 15.2. The highest BCUT2D eigenvalue weighted by Crippen LogP contribution is 2.26. The van der Waals surface area contributed by atoms with Crippen LogP contribution < -0.4 is 15.4 Å². The lowest BCUT2D eigenvalue weighted by Gasteiger charge is -2.18. The van der Waals surface area contributed by atoms with Crippen molar-refractivity contribution in [3.8, 4) is 11.8 Å². The molecule has 2 aromatic rings. The molecule has 0 aliphatic heterocycles. The zero-order chi connectivity index (χ0) is 18.9. The summed E-state index contributed by atoms with van der Waals surface area (Å²) in [6, 6.07) is 16.8. The van der Waals surface area contributed by atoms with E-state index >= 15 is 0 Å². The van der Waals surface area contributed by atoms with Gasteiger partial charge >= 0.3 is 0 Å². The van der Waals surface area contributed by atoms with E-state index in [9.17, 15) is 10.1 Å². The summed E-state index contributed by atoms with van der Waals surface area (Å²) in [5.74, 6) is 0.295. The molecule has 0 heterocycles. The topological polar surface area (TPSA) is 74.1 Å². The largest absolute Gasteiger partial charge is 0.494 e. The molecule has 1 unspecified atom stereocenters. The van der Waals surface area contributed by atoms with Crippen LogP contribution in [-0.2, 0) is 4.79 Å². The van der Waals surface area contributed by atoms with Crippen LogP contribution in [0.5, 0.6) is 5.75 Å². The molecule has 2 rings (SSSR count). The van der Waals surface area contributed by atoms with Crippen LogP contribution in [-0.4, -0.2) is 12.5 Å². The third-order valence-electron chi connectivity index (χ3n) is 3.80. The van der Waals surface area contributed by atoms with Crippen molar-refractivity contribution in [2.45, 2.75) is 26.8 Å². The van der Waals surface area contributed by atoms with Gasteiger partial charge in [0, 0.05) is 17.5 Å². The Morgan fingerprint density at radius 1 is 1.27 bits per heavy atom. The van der Waals surface area contributed by atoms with Gasteiger partial charge < -0.3 is 15.4 Å². The molecular weight excluding hydrogens is 326 g/mol. The van der Waals surface area contributed by atoms with Crippen molar-refractivity contribution >= 4 is 11.6 Å². The molecule has 1 atom stereocenters. The smallest absolute Gasteiger partial charge is 0.263 e. The minimum absolute atomic E-state index is 0.00585. The second-order valence-electron chi connectivity index (χ2n) is 5.85. The van der Waals surface area contributed by atoms with Gasteiger partial charge in [-0.2, -0.15) is 5.26 Å². The van der Waals surface area contributed by atoms with Crippen LogP contribution in [0.2, 0.25) is 0 Å². The number of ether oxygens (including phenoxy) is 1. The molecule has 5 nitrogen and oxygen atoms in total. The lowest BCUT2D eigenvalue weighted by atomic mass is 10.0. The minimum Gasteiger partial charge on any atom is -0.494 e. The van der Waals surface area contributed by atoms with Crippen LogP contribution >= 0.6 is 0 Å². The van der Waals surface area contributed by atoms with Gasteiger partial charge in [0.1, 0.15) is 17.4 Å². The van der Waals surface area contributed by atoms with E-state index in [1.54, 1.807) is 0 Å². The first-order valence-electron chi connectivity index (χ1n) is 8.51. The van der Waals surface area contributed by atoms with Gasteiger partial charge in [0.05, 0.1) is 12.6 Å². The van der Waals surface area contributed by atoms with Crippen molar-refractivity contribution in [2.75, 3.05) is 11.9 Å². The molecule has 0 radical (unpaired) electrons. The summed E-state index contributed by atoms with van der Waals surface area (Å²) in [6.45, 7) is 6.31. The predicted molar refractivity (Wildman–Crippen MR) is 103 cm³/mol. The Kier molecular flexibility index (Phi) is 6.81. The molecule has 0 fully saturated rings. The van der Waals surface area contributed by atoms with Crippen LogP contribution in [0.3, 0.4) is 0 Å². The van der Waals surface area contributed by atoms with E-state index in [1.807, 2.05) is 75.4 Å². The summed E-state index contributed by atoms with van der Waals surface area (Å²) >= 11 is 0. The van der Waals surface area contributed by atoms with Crippen molar-refractivity contribution < 1.29 is 9.53 Å². The van der Waals surface area contributed by atoms with Gasteiger partial charge in [0.2, 0.25) is 0 Å². The Labute approximate surface area is 154 Å². The number of nitrogens with zero attached hydrogens (tertiary/aromatic N) is 1. The number of carbonyl (C=O) groups excluding carboxylic acids is 1. The average Bonchev–Trinajstić information content (AvgIpc) is 2.64. The Morgan fingerprint density at radius 2 is 2.00 bits per heavy atom. The number of benzene rings is 2. The fourth-order valence-corrected chi connectivity index (χ4v) is 2.48. The van der Waals surface area contributed by atoms with Crippen molar-refractivity contribution in [2.24, 2.45) is 0 Å². The molecule has 0 bridgehead atoms. The van der Waals surface area contributed by atoms with E-state index in [2.05, 4.69) is 10.6 Å². The SMILES string of the molecule is CCOc1ccc(C)cc1C(C)NC(=O)/C(C#N)=C\Nc1ccccc1. The number of amides is 1. The molecule has 5 heteroatoms. The van der Waals surface area contributed by atoms with Crippen LogP contribution in [0.4, 0.5) is 5.69 Å². The summed E-state index contributed by atoms with van der Waals surface area (Å²) in [7, 11) is 0. The molecule has 0 aromatic heterocycles. The van der Waals surface area contributed by atoms with Crippen LogP contribution in [0.15, 0.2) is 60.3 Å². The van der Waals surface area contributed by atoms with E-state index < -0.39 is 5.91 Å². The monoisotopic (exact) mass is 349 g/mol. The van der Waals surface area contributed by atoms with Crippen LogP contribution in [0.1, 0.15) is 31.0 Å². The highest BCUT2D eigenvalue weighted by Gasteiger charge is 2.17. The van der Waals surface area contributed by atoms with Crippen molar-refractivity contribution in [1.29, 1.82) is 5.26 Å². The highest BCUT2D eigenvalue weighted by molar-refractivity contribution is 5.97. The fraction of sp³-hybridized carbons (Fsp3) is 0.238. The number of para-hydroxylation sites is 1. The lowest BCUT2D eigenvalue weighted by Crippen LogP contribution is -2.28. The molecule has 0 spiro atoms. The summed E-state index contributed by atoms with van der Waals surface area (Å²) in [6.07, 6.45) is 1.41. The van der Waals surface area contributed by atoms with E-state index in [1.165, 1.54) is 6.20 Å². The Hall–Kier alpha value is -3.26. The van der Waals surface area contributed by atoms with Gasteiger partial charge in [-0.15, -0.1) is 0 Å². The molecular formula is C21H23N3O2. The van der Waals surface area contributed by atoms with E-state index in [4.69, 9.17) is 4.74 Å². The second-order valence-corrected chi connectivity index (χ2v) is 5.85. The lowest BCUT2D eigenvalue weighted by molar-refractivity contribution is -0.117. The van der Waals surface area contributed by atoms with E-state index in [-0.39, 0.29) is 11.6 Å². The number of carbonyl (C=O) groups is 1. The quantitative estimate of drug-likeness (QED) is 0.583.